The van der Waals surface area contributed by atoms with E-state index in [1.807, 2.05) is 24.3 Å². The van der Waals surface area contributed by atoms with E-state index < -0.39 is 23.4 Å². The van der Waals surface area contributed by atoms with Crippen LogP contribution in [0.4, 0.5) is 15.9 Å². The van der Waals surface area contributed by atoms with E-state index in [0.717, 1.165) is 5.69 Å². The number of amides is 1. The van der Waals surface area contributed by atoms with Crippen LogP contribution in [0.2, 0.25) is 0 Å². The number of halogens is 1. The number of hydrogen-bond donors (Lipinski definition) is 3. The lowest BCUT2D eigenvalue weighted by Crippen LogP contribution is -2.26. The summed E-state index contributed by atoms with van der Waals surface area (Å²) < 4.78 is 34.2. The van der Waals surface area contributed by atoms with Crippen molar-refractivity contribution in [3.05, 3.63) is 94.0 Å². The maximum Gasteiger partial charge on any atom is 0.284 e. The van der Waals surface area contributed by atoms with E-state index in [4.69, 9.17) is 11.8 Å². The first-order chi connectivity index (χ1) is 21.2. The van der Waals surface area contributed by atoms with Crippen molar-refractivity contribution >= 4 is 22.9 Å². The van der Waals surface area contributed by atoms with Crippen molar-refractivity contribution in [3.8, 4) is 16.8 Å². The fraction of sp³-hybridized carbons (Fsp3) is 0.290. The lowest BCUT2D eigenvalue weighted by Gasteiger charge is -2.24. The third-order valence-corrected chi connectivity index (χ3v) is 8.27. The van der Waals surface area contributed by atoms with Gasteiger partial charge >= 0.3 is 0 Å². The first-order valence-corrected chi connectivity index (χ1v) is 14.2. The van der Waals surface area contributed by atoms with Crippen LogP contribution in [0.15, 0.2) is 65.7 Å². The van der Waals surface area contributed by atoms with Crippen LogP contribution in [0, 0.1) is 5.82 Å². The van der Waals surface area contributed by atoms with Gasteiger partial charge in [-0.25, -0.2) is 18.6 Å². The Morgan fingerprint density at radius 1 is 1.12 bits per heavy atom. The van der Waals surface area contributed by atoms with Crippen LogP contribution >= 0.6 is 0 Å². The number of para-hydroxylation sites is 1. The summed E-state index contributed by atoms with van der Waals surface area (Å²) in [5.41, 5.74) is 8.93. The Morgan fingerprint density at radius 3 is 2.67 bits per heavy atom. The second-order valence-corrected chi connectivity index (χ2v) is 10.8. The molecular weight excluding hydrogens is 553 g/mol. The van der Waals surface area contributed by atoms with Crippen LogP contribution in [-0.2, 0) is 17.9 Å². The van der Waals surface area contributed by atoms with Crippen molar-refractivity contribution in [1.29, 1.82) is 0 Å². The van der Waals surface area contributed by atoms with Gasteiger partial charge in [0.1, 0.15) is 23.2 Å². The van der Waals surface area contributed by atoms with Gasteiger partial charge in [0.15, 0.2) is 5.82 Å². The summed E-state index contributed by atoms with van der Waals surface area (Å²) in [6, 6.07) is 15.2. The van der Waals surface area contributed by atoms with E-state index in [1.54, 1.807) is 33.5 Å². The Balaban J connectivity index is 1.22. The first kappa shape index (κ1) is 25.9. The molecule has 4 heterocycles. The molecule has 0 atom stereocenters. The minimum Gasteiger partial charge on any atom is -0.393 e. The SMILES string of the molecule is [2H]C1(O)CCC(c2cc(-c3ccc(NC(=O)c4c5n(n(-c6ccccc6)c4=O)CCOC5)cc3F)c3c(N)ncnn23)CC1. The number of hydrogen-bond acceptors (Lipinski definition) is 7. The van der Waals surface area contributed by atoms with E-state index in [2.05, 4.69) is 15.4 Å². The van der Waals surface area contributed by atoms with Gasteiger partial charge in [-0.05, 0) is 62.1 Å². The van der Waals surface area contributed by atoms with E-state index in [0.29, 0.717) is 61.3 Å². The molecule has 1 aliphatic carbocycles. The monoisotopic (exact) mass is 584 g/mol. The maximum absolute atomic E-state index is 15.8. The lowest BCUT2D eigenvalue weighted by atomic mass is 9.85. The molecule has 12 heteroatoms. The summed E-state index contributed by atoms with van der Waals surface area (Å²) in [6.07, 6.45) is 1.67. The molecule has 4 N–H and O–H groups in total. The number of nitrogens with zero attached hydrogens (tertiary/aromatic N) is 5. The van der Waals surface area contributed by atoms with Gasteiger partial charge in [0, 0.05) is 28.4 Å². The number of anilines is 2. The van der Waals surface area contributed by atoms with Crippen molar-refractivity contribution in [1.82, 2.24) is 24.0 Å². The maximum atomic E-state index is 15.8. The molecule has 0 radical (unpaired) electrons. The fourth-order valence-corrected chi connectivity index (χ4v) is 6.18. The minimum atomic E-state index is -1.45. The molecule has 220 valence electrons. The summed E-state index contributed by atoms with van der Waals surface area (Å²) in [5.74, 6) is -1.10. The predicted molar refractivity (Wildman–Crippen MR) is 158 cm³/mol. The molecule has 2 aliphatic rings. The second kappa shape index (κ2) is 10.8. The van der Waals surface area contributed by atoms with Gasteiger partial charge < -0.3 is 20.9 Å². The zero-order valence-electron chi connectivity index (χ0n) is 24.2. The van der Waals surface area contributed by atoms with Gasteiger partial charge in [0.25, 0.3) is 11.5 Å². The summed E-state index contributed by atoms with van der Waals surface area (Å²) >= 11 is 0. The Labute approximate surface area is 246 Å². The van der Waals surface area contributed by atoms with Crippen molar-refractivity contribution < 1.29 is 20.4 Å². The van der Waals surface area contributed by atoms with Crippen molar-refractivity contribution in [2.75, 3.05) is 17.7 Å². The molecule has 1 saturated carbocycles. The smallest absolute Gasteiger partial charge is 0.284 e. The van der Waals surface area contributed by atoms with Crippen LogP contribution < -0.4 is 16.6 Å². The van der Waals surface area contributed by atoms with Crippen LogP contribution in [0.5, 0.6) is 0 Å². The van der Waals surface area contributed by atoms with Crippen molar-refractivity contribution in [2.24, 2.45) is 0 Å². The van der Waals surface area contributed by atoms with Crippen LogP contribution in [-0.4, -0.2) is 47.7 Å². The molecule has 1 amide bonds. The number of nitrogens with two attached hydrogens (primary N) is 1. The van der Waals surface area contributed by atoms with E-state index in [1.165, 1.54) is 17.1 Å². The van der Waals surface area contributed by atoms with Crippen LogP contribution in [0.1, 0.15) is 54.7 Å². The summed E-state index contributed by atoms with van der Waals surface area (Å²) in [7, 11) is 0. The summed E-state index contributed by atoms with van der Waals surface area (Å²) in [5, 5.41) is 17.2. The van der Waals surface area contributed by atoms with Gasteiger partial charge in [-0.3, -0.25) is 14.3 Å². The molecule has 1 aliphatic heterocycles. The highest BCUT2D eigenvalue weighted by atomic mass is 19.1. The molecule has 1 fully saturated rings. The number of carbonyl (C=O) groups is 1. The van der Waals surface area contributed by atoms with Gasteiger partial charge in [-0.1, -0.05) is 18.2 Å². The third kappa shape index (κ3) is 4.68. The number of rotatable bonds is 5. The molecular formula is C31H30FN7O4. The van der Waals surface area contributed by atoms with Gasteiger partial charge in [-0.2, -0.15) is 5.10 Å². The van der Waals surface area contributed by atoms with Gasteiger partial charge in [0.2, 0.25) is 0 Å². The average molecular weight is 585 g/mol. The topological polar surface area (TPSA) is 142 Å². The predicted octanol–water partition coefficient (Wildman–Crippen LogP) is 3.87. The Morgan fingerprint density at radius 2 is 1.91 bits per heavy atom. The second-order valence-electron chi connectivity index (χ2n) is 10.8. The number of nitrogen functional groups attached to an aromatic ring is 1. The van der Waals surface area contributed by atoms with Gasteiger partial charge in [-0.15, -0.1) is 0 Å². The number of carbonyl (C=O) groups excluding carboxylic acids is 1. The number of nitrogens with one attached hydrogen (secondary N) is 1. The number of benzene rings is 2. The first-order valence-electron chi connectivity index (χ1n) is 14.7. The number of ether oxygens (including phenoxy) is 1. The van der Waals surface area contributed by atoms with Crippen LogP contribution in [0.25, 0.3) is 22.3 Å². The molecule has 3 aromatic heterocycles. The Bertz CT molecular complexity index is 1960. The molecule has 2 aromatic carbocycles. The summed E-state index contributed by atoms with van der Waals surface area (Å²) in [4.78, 5) is 31.1. The van der Waals surface area contributed by atoms with Crippen molar-refractivity contribution in [2.45, 2.75) is 50.8 Å². The average Bonchev–Trinajstić information content (AvgIpc) is 3.53. The molecule has 11 nitrogen and oxygen atoms in total. The minimum absolute atomic E-state index is 0.00458. The largest absolute Gasteiger partial charge is 0.393 e. The normalized spacial score (nSPS) is 20.5. The fourth-order valence-electron chi connectivity index (χ4n) is 6.18. The molecule has 7 rings (SSSR count). The number of fused-ring (bicyclic) bond motifs is 2. The standard InChI is InChI=1S/C31H30FN7O4/c32-24-14-19(36-30(41)27-26-16-43-13-12-37(26)39(31(27)42)20-4-2-1-3-5-20)8-11-22(24)23-15-25(18-6-9-21(40)10-7-18)38-28(23)29(33)34-17-35-38/h1-5,8,11,14-15,17-18,21,40H,6-7,9-10,12-13,16H2,(H,36,41)(H2,33,34,35)/i21D. The van der Waals surface area contributed by atoms with E-state index in [-0.39, 0.29) is 35.2 Å². The lowest BCUT2D eigenvalue weighted by molar-refractivity contribution is 0.0756. The summed E-state index contributed by atoms with van der Waals surface area (Å²) in [6.45, 7) is 0.906. The zero-order valence-corrected chi connectivity index (χ0v) is 23.2. The highest BCUT2D eigenvalue weighted by Gasteiger charge is 2.29. The molecule has 0 bridgehead atoms. The molecule has 5 aromatic rings. The number of aliphatic hydroxyl groups is 1. The molecule has 0 spiro atoms. The van der Waals surface area contributed by atoms with Gasteiger partial charge in [0.05, 0.1) is 38.6 Å². The highest BCUT2D eigenvalue weighted by Crippen LogP contribution is 2.39. The third-order valence-electron chi connectivity index (χ3n) is 8.27. The molecule has 43 heavy (non-hydrogen) atoms. The Hall–Kier alpha value is -4.81. The highest BCUT2D eigenvalue weighted by molar-refractivity contribution is 6.05. The zero-order chi connectivity index (χ0) is 30.6. The van der Waals surface area contributed by atoms with Crippen LogP contribution in [0.3, 0.4) is 0 Å². The van der Waals surface area contributed by atoms with Crippen molar-refractivity contribution in [3.63, 3.8) is 0 Å². The van der Waals surface area contributed by atoms with E-state index in [9.17, 15) is 14.7 Å². The molecule has 0 unspecified atom stereocenters. The Kier molecular flexibility index (Phi) is 6.49. The molecule has 0 saturated heterocycles. The quantitative estimate of drug-likeness (QED) is 0.285. The number of aromatic nitrogens is 5. The van der Waals surface area contributed by atoms with E-state index >= 15 is 4.39 Å².